The molecular weight excluding hydrogens is 189 g/mol. The number of nitrogens with two attached hydrogens (primary N) is 1. The fourth-order valence-electron chi connectivity index (χ4n) is 1.49. The molecule has 0 bridgehead atoms. The number of hydrogen-bond donors (Lipinski definition) is 1. The lowest BCUT2D eigenvalue weighted by atomic mass is 9.98. The Morgan fingerprint density at radius 3 is 2.62 bits per heavy atom. The molecule has 1 aromatic rings. The van der Waals surface area contributed by atoms with E-state index in [1.54, 1.807) is 6.07 Å². The lowest BCUT2D eigenvalue weighted by Crippen LogP contribution is -2.03. The summed E-state index contributed by atoms with van der Waals surface area (Å²) in [5.74, 6) is -0.432. The summed E-state index contributed by atoms with van der Waals surface area (Å²) in [6.45, 7) is 2.12. The minimum atomic E-state index is -0.432. The second-order valence-corrected chi connectivity index (χ2v) is 4.32. The summed E-state index contributed by atoms with van der Waals surface area (Å²) in [4.78, 5) is 0. The Balaban J connectivity index is 2.52. The molecule has 0 aromatic heterocycles. The van der Waals surface area contributed by atoms with Crippen LogP contribution < -0.4 is 5.73 Å². The Hall–Kier alpha value is -0.760. The topological polar surface area (TPSA) is 26.0 Å². The van der Waals surface area contributed by atoms with Crippen molar-refractivity contribution in [3.05, 3.63) is 28.5 Å². The van der Waals surface area contributed by atoms with E-state index in [-0.39, 0.29) is 11.1 Å². The van der Waals surface area contributed by atoms with Crippen molar-refractivity contribution in [1.29, 1.82) is 0 Å². The van der Waals surface area contributed by atoms with Crippen molar-refractivity contribution >= 4 is 17.3 Å². The third kappa shape index (κ3) is 1.39. The van der Waals surface area contributed by atoms with Crippen LogP contribution in [-0.4, -0.2) is 0 Å². The van der Waals surface area contributed by atoms with Gasteiger partial charge >= 0.3 is 0 Å². The Bertz CT molecular complexity index is 358. The van der Waals surface area contributed by atoms with E-state index in [2.05, 4.69) is 6.92 Å². The lowest BCUT2D eigenvalue weighted by molar-refractivity contribution is 0.630. The first kappa shape index (κ1) is 8.82. The van der Waals surface area contributed by atoms with Crippen molar-refractivity contribution in [1.82, 2.24) is 0 Å². The van der Waals surface area contributed by atoms with Crippen LogP contribution in [0.1, 0.15) is 25.3 Å². The fourth-order valence-corrected chi connectivity index (χ4v) is 1.86. The molecule has 2 rings (SSSR count). The van der Waals surface area contributed by atoms with Gasteiger partial charge < -0.3 is 5.73 Å². The van der Waals surface area contributed by atoms with Gasteiger partial charge in [0.05, 0.1) is 5.69 Å². The maximum absolute atomic E-state index is 13.0. The van der Waals surface area contributed by atoms with E-state index in [4.69, 9.17) is 17.3 Å². The molecule has 1 aliphatic carbocycles. The average molecular weight is 200 g/mol. The first-order valence-electron chi connectivity index (χ1n) is 4.28. The van der Waals surface area contributed by atoms with Crippen LogP contribution in [0.5, 0.6) is 0 Å². The number of rotatable bonds is 1. The van der Waals surface area contributed by atoms with E-state index in [9.17, 15) is 4.39 Å². The van der Waals surface area contributed by atoms with Gasteiger partial charge in [0.1, 0.15) is 5.82 Å². The third-order valence-electron chi connectivity index (χ3n) is 2.74. The third-order valence-corrected chi connectivity index (χ3v) is 3.05. The standard InChI is InChI=1S/C10H11ClFN/c1-10(2-3-10)6-4-9(13)8(12)5-7(6)11/h4-5H,2-3,13H2,1H3. The molecule has 2 N–H and O–H groups in total. The van der Waals surface area contributed by atoms with Gasteiger partial charge in [0, 0.05) is 5.02 Å². The maximum atomic E-state index is 13.0. The van der Waals surface area contributed by atoms with Crippen molar-refractivity contribution in [2.24, 2.45) is 0 Å². The number of halogens is 2. The Morgan fingerprint density at radius 2 is 2.08 bits per heavy atom. The molecule has 0 amide bonds. The van der Waals surface area contributed by atoms with Crippen LogP contribution in [0.3, 0.4) is 0 Å². The summed E-state index contributed by atoms with van der Waals surface area (Å²) in [5, 5.41) is 0.492. The Morgan fingerprint density at radius 1 is 1.46 bits per heavy atom. The molecule has 0 aliphatic heterocycles. The van der Waals surface area contributed by atoms with Crippen LogP contribution in [0.4, 0.5) is 10.1 Å². The largest absolute Gasteiger partial charge is 0.396 e. The molecule has 1 aliphatic rings. The van der Waals surface area contributed by atoms with Crippen molar-refractivity contribution in [2.45, 2.75) is 25.2 Å². The highest BCUT2D eigenvalue weighted by molar-refractivity contribution is 6.31. The van der Waals surface area contributed by atoms with E-state index >= 15 is 0 Å². The molecule has 1 saturated carbocycles. The molecule has 0 heterocycles. The first-order chi connectivity index (χ1) is 6.03. The van der Waals surface area contributed by atoms with Gasteiger partial charge in [0.15, 0.2) is 0 Å². The zero-order valence-corrected chi connectivity index (χ0v) is 8.16. The molecule has 0 saturated heterocycles. The maximum Gasteiger partial charge on any atom is 0.147 e. The zero-order valence-electron chi connectivity index (χ0n) is 7.40. The van der Waals surface area contributed by atoms with E-state index in [0.717, 1.165) is 18.4 Å². The minimum Gasteiger partial charge on any atom is -0.396 e. The summed E-state index contributed by atoms with van der Waals surface area (Å²) >= 11 is 5.93. The molecule has 1 nitrogen and oxygen atoms in total. The van der Waals surface area contributed by atoms with Gasteiger partial charge in [-0.05, 0) is 36.0 Å². The van der Waals surface area contributed by atoms with Crippen molar-refractivity contribution in [3.8, 4) is 0 Å². The highest BCUT2D eigenvalue weighted by Crippen LogP contribution is 2.50. The Kier molecular flexibility index (Phi) is 1.77. The Labute approximate surface area is 81.7 Å². The van der Waals surface area contributed by atoms with Crippen LogP contribution in [0, 0.1) is 5.82 Å². The number of benzene rings is 1. The van der Waals surface area contributed by atoms with Crippen LogP contribution in [-0.2, 0) is 5.41 Å². The molecule has 0 atom stereocenters. The molecule has 1 aromatic carbocycles. The summed E-state index contributed by atoms with van der Waals surface area (Å²) in [6, 6.07) is 2.96. The van der Waals surface area contributed by atoms with Gasteiger partial charge in [-0.15, -0.1) is 0 Å². The van der Waals surface area contributed by atoms with Crippen LogP contribution in [0.15, 0.2) is 12.1 Å². The number of nitrogen functional groups attached to an aromatic ring is 1. The van der Waals surface area contributed by atoms with Crippen LogP contribution >= 0.6 is 11.6 Å². The monoisotopic (exact) mass is 199 g/mol. The van der Waals surface area contributed by atoms with E-state index < -0.39 is 5.82 Å². The predicted octanol–water partition coefficient (Wildman–Crippen LogP) is 3.11. The molecule has 3 heteroatoms. The molecule has 0 unspecified atom stereocenters. The lowest BCUT2D eigenvalue weighted by Gasteiger charge is -2.12. The van der Waals surface area contributed by atoms with Crippen molar-refractivity contribution in [2.75, 3.05) is 5.73 Å². The number of hydrogen-bond acceptors (Lipinski definition) is 1. The second-order valence-electron chi connectivity index (χ2n) is 3.91. The molecule has 70 valence electrons. The predicted molar refractivity (Wildman–Crippen MR) is 52.4 cm³/mol. The normalized spacial score (nSPS) is 18.7. The van der Waals surface area contributed by atoms with E-state index in [0.29, 0.717) is 5.02 Å². The highest BCUT2D eigenvalue weighted by atomic mass is 35.5. The minimum absolute atomic E-state index is 0.138. The van der Waals surface area contributed by atoms with Gasteiger partial charge in [-0.1, -0.05) is 18.5 Å². The number of anilines is 1. The van der Waals surface area contributed by atoms with E-state index in [1.165, 1.54) is 6.07 Å². The van der Waals surface area contributed by atoms with Crippen molar-refractivity contribution < 1.29 is 4.39 Å². The molecule has 13 heavy (non-hydrogen) atoms. The van der Waals surface area contributed by atoms with Crippen LogP contribution in [0.25, 0.3) is 0 Å². The summed E-state index contributed by atoms with van der Waals surface area (Å²) in [6.07, 6.45) is 2.22. The average Bonchev–Trinajstić information content (AvgIpc) is 2.77. The zero-order chi connectivity index (χ0) is 9.64. The van der Waals surface area contributed by atoms with Gasteiger partial charge in [0.25, 0.3) is 0 Å². The first-order valence-corrected chi connectivity index (χ1v) is 4.66. The molecule has 1 fully saturated rings. The molecular formula is C10H11ClFN. The quantitative estimate of drug-likeness (QED) is 0.691. The molecule has 0 spiro atoms. The summed E-state index contributed by atoms with van der Waals surface area (Å²) in [5.41, 5.74) is 6.79. The van der Waals surface area contributed by atoms with Crippen LogP contribution in [0.2, 0.25) is 5.02 Å². The van der Waals surface area contributed by atoms with Gasteiger partial charge in [-0.3, -0.25) is 0 Å². The van der Waals surface area contributed by atoms with Gasteiger partial charge in [-0.25, -0.2) is 4.39 Å². The fraction of sp³-hybridized carbons (Fsp3) is 0.400. The van der Waals surface area contributed by atoms with Gasteiger partial charge in [-0.2, -0.15) is 0 Å². The van der Waals surface area contributed by atoms with E-state index in [1.807, 2.05) is 0 Å². The summed E-state index contributed by atoms with van der Waals surface area (Å²) in [7, 11) is 0. The van der Waals surface area contributed by atoms with Crippen molar-refractivity contribution in [3.63, 3.8) is 0 Å². The smallest absolute Gasteiger partial charge is 0.147 e. The highest BCUT2D eigenvalue weighted by Gasteiger charge is 2.40. The summed E-state index contributed by atoms with van der Waals surface area (Å²) < 4.78 is 13.0. The SMILES string of the molecule is CC1(c2cc(N)c(F)cc2Cl)CC1. The van der Waals surface area contributed by atoms with Gasteiger partial charge in [0.2, 0.25) is 0 Å². The second kappa shape index (κ2) is 2.61. The molecule has 0 radical (unpaired) electrons.